The second-order valence-electron chi connectivity index (χ2n) is 8.29. The Bertz CT molecular complexity index is 790. The Kier molecular flexibility index (Phi) is 7.78. The first-order valence-corrected chi connectivity index (χ1v) is 13.2. The molecule has 0 saturated heterocycles. The van der Waals surface area contributed by atoms with Crippen molar-refractivity contribution in [2.75, 3.05) is 0 Å². The van der Waals surface area contributed by atoms with Crippen LogP contribution < -0.4 is 4.43 Å². The molecule has 0 bridgehead atoms. The molecule has 0 aliphatic rings. The van der Waals surface area contributed by atoms with E-state index in [1.165, 1.54) is 0 Å². The molecule has 2 rings (SSSR count). The molecule has 0 aliphatic heterocycles. The van der Waals surface area contributed by atoms with Gasteiger partial charge in [-0.3, -0.25) is 0 Å². The minimum absolute atomic E-state index is 0.533. The zero-order valence-electron chi connectivity index (χ0n) is 18.1. The first kappa shape index (κ1) is 22.6. The quantitative estimate of drug-likeness (QED) is 0.356. The van der Waals surface area contributed by atoms with Gasteiger partial charge in [0.15, 0.2) is 11.0 Å². The lowest BCUT2D eigenvalue weighted by Crippen LogP contribution is -2.50. The average Bonchev–Trinajstić information content (AvgIpc) is 2.64. The Morgan fingerprint density at radius 1 is 0.857 bits per heavy atom. The minimum atomic E-state index is -1.95. The third-order valence-electron chi connectivity index (χ3n) is 5.40. The number of hydrogen-bond acceptors (Lipinski definition) is 2. The van der Waals surface area contributed by atoms with Crippen LogP contribution >= 0.6 is 0 Å². The van der Waals surface area contributed by atoms with E-state index in [2.05, 4.69) is 45.9 Å². The Morgan fingerprint density at radius 2 is 1.36 bits per heavy atom. The number of hydrogen-bond donors (Lipinski definition) is 0. The normalized spacial score (nSPS) is 13.6. The van der Waals surface area contributed by atoms with Crippen LogP contribution in [0.4, 0.5) is 0 Å². The summed E-state index contributed by atoms with van der Waals surface area (Å²) in [6.45, 7) is 15.7. The van der Waals surface area contributed by atoms with Crippen LogP contribution in [0.15, 0.2) is 57.8 Å². The highest BCUT2D eigenvalue weighted by molar-refractivity contribution is 7.83. The monoisotopic (exact) mass is 415 g/mol. The van der Waals surface area contributed by atoms with Crippen molar-refractivity contribution >= 4 is 25.5 Å². The smallest absolute Gasteiger partial charge is 0.258 e. The summed E-state index contributed by atoms with van der Waals surface area (Å²) in [6, 6.07) is 15.6. The highest BCUT2D eigenvalue weighted by atomic mass is 32.2. The standard InChI is InChI=1S/C23H33NO2SSi/c1-17(2)28(18(3)4,19(5)6)26-22-12-10-21(11-13-22)16-24-27(25)23-14-8-20(7)9-15-23/h8-19H,1-7H3/b24-16+. The third-order valence-corrected chi connectivity index (χ3v) is 12.4. The second-order valence-corrected chi connectivity index (χ2v) is 14.8. The molecule has 3 nitrogen and oxygen atoms in total. The van der Waals surface area contributed by atoms with Crippen LogP contribution in [0, 0.1) is 6.92 Å². The van der Waals surface area contributed by atoms with E-state index in [9.17, 15) is 4.21 Å². The van der Waals surface area contributed by atoms with E-state index in [-0.39, 0.29) is 0 Å². The molecule has 0 aliphatic carbocycles. The van der Waals surface area contributed by atoms with Gasteiger partial charge in [-0.05, 0) is 65.5 Å². The predicted octanol–water partition coefficient (Wildman–Crippen LogP) is 6.69. The summed E-state index contributed by atoms with van der Waals surface area (Å²) in [5.74, 6) is 0.916. The summed E-state index contributed by atoms with van der Waals surface area (Å²) in [5.41, 5.74) is 3.66. The van der Waals surface area contributed by atoms with Crippen LogP contribution in [0.5, 0.6) is 5.75 Å². The summed E-state index contributed by atoms with van der Waals surface area (Å²) in [4.78, 5) is 0.711. The lowest BCUT2D eigenvalue weighted by atomic mass is 10.2. The van der Waals surface area contributed by atoms with Gasteiger partial charge in [0, 0.05) is 6.21 Å². The van der Waals surface area contributed by atoms with Crippen LogP contribution in [-0.4, -0.2) is 18.7 Å². The summed E-state index contributed by atoms with van der Waals surface area (Å²) < 4.78 is 23.2. The van der Waals surface area contributed by atoms with E-state index < -0.39 is 19.3 Å². The van der Waals surface area contributed by atoms with Gasteiger partial charge < -0.3 is 4.43 Å². The largest absolute Gasteiger partial charge is 0.543 e. The third kappa shape index (κ3) is 5.20. The molecule has 28 heavy (non-hydrogen) atoms. The highest BCUT2D eigenvalue weighted by Gasteiger charge is 2.46. The van der Waals surface area contributed by atoms with Gasteiger partial charge in [0.05, 0.1) is 4.90 Å². The van der Waals surface area contributed by atoms with Gasteiger partial charge in [-0.1, -0.05) is 59.2 Å². The van der Waals surface area contributed by atoms with Gasteiger partial charge >= 0.3 is 0 Å². The first-order valence-electron chi connectivity index (χ1n) is 9.98. The van der Waals surface area contributed by atoms with E-state index in [4.69, 9.17) is 4.43 Å². The van der Waals surface area contributed by atoms with E-state index in [1.54, 1.807) is 6.21 Å². The molecule has 2 aromatic carbocycles. The molecular weight excluding hydrogens is 382 g/mol. The molecule has 1 unspecified atom stereocenters. The molecule has 0 spiro atoms. The number of nitrogens with zero attached hydrogens (tertiary/aromatic N) is 1. The minimum Gasteiger partial charge on any atom is -0.543 e. The van der Waals surface area contributed by atoms with Crippen LogP contribution in [-0.2, 0) is 11.0 Å². The summed E-state index contributed by atoms with van der Waals surface area (Å²) in [7, 11) is -3.34. The van der Waals surface area contributed by atoms with Crippen molar-refractivity contribution in [3.8, 4) is 5.75 Å². The van der Waals surface area contributed by atoms with E-state index in [0.29, 0.717) is 21.5 Å². The van der Waals surface area contributed by atoms with E-state index >= 15 is 0 Å². The molecule has 0 aromatic heterocycles. The van der Waals surface area contributed by atoms with Crippen LogP contribution in [0.3, 0.4) is 0 Å². The summed E-state index contributed by atoms with van der Waals surface area (Å²) >= 11 is 0. The van der Waals surface area contributed by atoms with Crippen LogP contribution in [0.25, 0.3) is 0 Å². The van der Waals surface area contributed by atoms with Gasteiger partial charge in [0.1, 0.15) is 5.75 Å². The molecule has 0 heterocycles. The van der Waals surface area contributed by atoms with Gasteiger partial charge in [0.2, 0.25) is 0 Å². The van der Waals surface area contributed by atoms with Gasteiger partial charge in [0.25, 0.3) is 8.32 Å². The van der Waals surface area contributed by atoms with Gasteiger partial charge in [-0.15, -0.1) is 0 Å². The topological polar surface area (TPSA) is 38.7 Å². The van der Waals surface area contributed by atoms with Crippen LogP contribution in [0.2, 0.25) is 16.6 Å². The van der Waals surface area contributed by atoms with Gasteiger partial charge in [-0.25, -0.2) is 4.21 Å². The maximum atomic E-state index is 12.3. The lowest BCUT2D eigenvalue weighted by molar-refractivity contribution is 0.480. The zero-order valence-corrected chi connectivity index (χ0v) is 19.9. The van der Waals surface area contributed by atoms with Crippen molar-refractivity contribution < 1.29 is 8.63 Å². The molecule has 5 heteroatoms. The Labute approximate surface area is 174 Å². The lowest BCUT2D eigenvalue weighted by Gasteiger charge is -2.42. The van der Waals surface area contributed by atoms with Crippen molar-refractivity contribution in [1.29, 1.82) is 0 Å². The Morgan fingerprint density at radius 3 is 1.82 bits per heavy atom. The molecule has 0 saturated carbocycles. The fourth-order valence-electron chi connectivity index (χ4n) is 4.00. The Balaban J connectivity index is 2.14. The van der Waals surface area contributed by atoms with Crippen molar-refractivity contribution in [2.24, 2.45) is 4.40 Å². The fourth-order valence-corrected chi connectivity index (χ4v) is 9.96. The van der Waals surface area contributed by atoms with Crippen molar-refractivity contribution in [3.05, 3.63) is 59.7 Å². The maximum Gasteiger partial charge on any atom is 0.258 e. The van der Waals surface area contributed by atoms with Gasteiger partial charge in [-0.2, -0.15) is 4.40 Å². The number of aryl methyl sites for hydroxylation is 1. The molecule has 1 atom stereocenters. The molecule has 0 fully saturated rings. The van der Waals surface area contributed by atoms with Crippen molar-refractivity contribution in [2.45, 2.75) is 70.0 Å². The molecule has 2 aromatic rings. The predicted molar refractivity (Wildman–Crippen MR) is 123 cm³/mol. The Hall–Kier alpha value is -1.72. The molecular formula is C23H33NO2SSi. The number of rotatable bonds is 8. The van der Waals surface area contributed by atoms with E-state index in [0.717, 1.165) is 16.9 Å². The second kappa shape index (κ2) is 9.66. The summed E-state index contributed by atoms with van der Waals surface area (Å²) in [6.07, 6.45) is 1.66. The van der Waals surface area contributed by atoms with Crippen LogP contribution in [0.1, 0.15) is 52.7 Å². The summed E-state index contributed by atoms with van der Waals surface area (Å²) in [5, 5.41) is 0. The number of benzene rings is 2. The zero-order chi connectivity index (χ0) is 20.9. The molecule has 0 N–H and O–H groups in total. The highest BCUT2D eigenvalue weighted by Crippen LogP contribution is 2.42. The van der Waals surface area contributed by atoms with Crippen molar-refractivity contribution in [3.63, 3.8) is 0 Å². The average molecular weight is 416 g/mol. The van der Waals surface area contributed by atoms with Crippen molar-refractivity contribution in [1.82, 2.24) is 0 Å². The molecule has 0 amide bonds. The van der Waals surface area contributed by atoms with E-state index in [1.807, 2.05) is 55.5 Å². The molecule has 0 radical (unpaired) electrons. The fraction of sp³-hybridized carbons (Fsp3) is 0.435. The maximum absolute atomic E-state index is 12.3. The first-order chi connectivity index (χ1) is 13.2. The SMILES string of the molecule is Cc1ccc(S(=O)/N=C/c2ccc(O[Si](C(C)C)(C(C)C)C(C)C)cc2)cc1. The molecule has 152 valence electrons.